The smallest absolute Gasteiger partial charge is 0.309 e. The first-order valence-corrected chi connectivity index (χ1v) is 7.24. The quantitative estimate of drug-likeness (QED) is 0.730. The Morgan fingerprint density at radius 3 is 2.00 bits per heavy atom. The predicted molar refractivity (Wildman–Crippen MR) is 59.6 cm³/mol. The minimum atomic E-state index is -2.98. The van der Waals surface area contributed by atoms with Gasteiger partial charge in [-0.15, -0.1) is 0 Å². The molecule has 0 aromatic carbocycles. The highest BCUT2D eigenvalue weighted by atomic mass is 32.2. The number of carboxylic acid groups (broad SMARTS) is 1. The molecule has 0 bridgehead atoms. The first-order valence-electron chi connectivity index (χ1n) is 5.18. The Kier molecular flexibility index (Phi) is 5.28. The Morgan fingerprint density at radius 1 is 1.27 bits per heavy atom. The normalized spacial score (nSPS) is 12.7. The molecule has 0 heterocycles. The van der Waals surface area contributed by atoms with Crippen LogP contribution in [0.15, 0.2) is 0 Å². The Bertz CT molecular complexity index is 301. The van der Waals surface area contributed by atoms with Gasteiger partial charge in [0.1, 0.15) is 9.84 Å². The number of carbonyl (C=O) groups is 1. The molecule has 0 spiro atoms. The lowest BCUT2D eigenvalue weighted by Gasteiger charge is -2.26. The van der Waals surface area contributed by atoms with Crippen LogP contribution in [-0.2, 0) is 14.6 Å². The van der Waals surface area contributed by atoms with E-state index in [1.165, 1.54) is 6.26 Å². The summed E-state index contributed by atoms with van der Waals surface area (Å²) in [5.74, 6) is -0.747. The first-order chi connectivity index (χ1) is 6.77. The van der Waals surface area contributed by atoms with Gasteiger partial charge in [-0.3, -0.25) is 4.79 Å². The first kappa shape index (κ1) is 14.4. The molecule has 0 fully saturated rings. The molecule has 90 valence electrons. The fourth-order valence-corrected chi connectivity index (χ4v) is 2.35. The number of aliphatic carboxylic acids is 1. The molecule has 0 aromatic rings. The molecule has 15 heavy (non-hydrogen) atoms. The Hall–Kier alpha value is -0.580. The highest BCUT2D eigenvalue weighted by Crippen LogP contribution is 2.32. The summed E-state index contributed by atoms with van der Waals surface area (Å²) in [7, 11) is -2.98. The fraction of sp³-hybridized carbons (Fsp3) is 0.900. The van der Waals surface area contributed by atoms with Crippen molar-refractivity contribution in [1.82, 2.24) is 0 Å². The van der Waals surface area contributed by atoms with Crippen molar-refractivity contribution < 1.29 is 18.3 Å². The number of carboxylic acids is 1. The van der Waals surface area contributed by atoms with Gasteiger partial charge in [0, 0.05) is 12.0 Å². The SMILES string of the molecule is CCC(CC)(CCCS(C)(=O)=O)C(=O)O. The third-order valence-electron chi connectivity index (χ3n) is 2.98. The lowest BCUT2D eigenvalue weighted by Crippen LogP contribution is -2.30. The summed E-state index contributed by atoms with van der Waals surface area (Å²) in [4.78, 5) is 11.1. The zero-order valence-electron chi connectivity index (χ0n) is 9.62. The standard InChI is InChI=1S/C10H20O4S/c1-4-10(5-2,9(11)12)7-6-8-15(3,13)14/h4-8H2,1-3H3,(H,11,12). The summed E-state index contributed by atoms with van der Waals surface area (Å²) in [6.07, 6.45) is 3.12. The van der Waals surface area contributed by atoms with Gasteiger partial charge in [0.15, 0.2) is 0 Å². The second-order valence-corrected chi connectivity index (χ2v) is 6.29. The van der Waals surface area contributed by atoms with E-state index in [0.29, 0.717) is 25.7 Å². The molecular weight excluding hydrogens is 216 g/mol. The number of rotatable bonds is 7. The van der Waals surface area contributed by atoms with Crippen molar-refractivity contribution in [1.29, 1.82) is 0 Å². The van der Waals surface area contributed by atoms with E-state index in [0.717, 1.165) is 0 Å². The topological polar surface area (TPSA) is 71.4 Å². The number of hydrogen-bond acceptors (Lipinski definition) is 3. The second-order valence-electron chi connectivity index (χ2n) is 4.03. The minimum absolute atomic E-state index is 0.0715. The minimum Gasteiger partial charge on any atom is -0.481 e. The van der Waals surface area contributed by atoms with Gasteiger partial charge < -0.3 is 5.11 Å². The lowest BCUT2D eigenvalue weighted by molar-refractivity contribution is -0.150. The highest BCUT2D eigenvalue weighted by molar-refractivity contribution is 7.90. The van der Waals surface area contributed by atoms with E-state index in [2.05, 4.69) is 0 Å². The second kappa shape index (κ2) is 5.49. The summed E-state index contributed by atoms with van der Waals surface area (Å²) >= 11 is 0. The van der Waals surface area contributed by atoms with E-state index in [4.69, 9.17) is 5.11 Å². The monoisotopic (exact) mass is 236 g/mol. The molecule has 0 radical (unpaired) electrons. The molecule has 0 saturated heterocycles. The molecule has 0 amide bonds. The van der Waals surface area contributed by atoms with Gasteiger partial charge in [-0.05, 0) is 25.7 Å². The Balaban J connectivity index is 4.38. The Labute approximate surface area is 91.6 Å². The van der Waals surface area contributed by atoms with Crippen molar-refractivity contribution in [2.75, 3.05) is 12.0 Å². The van der Waals surface area contributed by atoms with Gasteiger partial charge in [-0.2, -0.15) is 0 Å². The van der Waals surface area contributed by atoms with Crippen molar-refractivity contribution in [2.45, 2.75) is 39.5 Å². The van der Waals surface area contributed by atoms with Crippen LogP contribution in [0.3, 0.4) is 0 Å². The molecule has 0 rings (SSSR count). The molecule has 5 heteroatoms. The highest BCUT2D eigenvalue weighted by Gasteiger charge is 2.34. The molecular formula is C10H20O4S. The largest absolute Gasteiger partial charge is 0.481 e. The van der Waals surface area contributed by atoms with E-state index in [-0.39, 0.29) is 5.75 Å². The molecule has 0 atom stereocenters. The van der Waals surface area contributed by atoms with E-state index in [1.807, 2.05) is 13.8 Å². The molecule has 0 unspecified atom stereocenters. The average Bonchev–Trinajstić information content (AvgIpc) is 2.10. The van der Waals surface area contributed by atoms with Crippen LogP contribution in [0.2, 0.25) is 0 Å². The molecule has 0 aliphatic heterocycles. The summed E-state index contributed by atoms with van der Waals surface area (Å²) in [6.45, 7) is 3.66. The maximum atomic E-state index is 11.1. The fourth-order valence-electron chi connectivity index (χ4n) is 1.69. The maximum Gasteiger partial charge on any atom is 0.309 e. The van der Waals surface area contributed by atoms with Crippen LogP contribution in [0.1, 0.15) is 39.5 Å². The van der Waals surface area contributed by atoms with Crippen LogP contribution in [0, 0.1) is 5.41 Å². The molecule has 0 aliphatic carbocycles. The van der Waals surface area contributed by atoms with Gasteiger partial charge in [-0.25, -0.2) is 8.42 Å². The van der Waals surface area contributed by atoms with Crippen molar-refractivity contribution >= 4 is 15.8 Å². The van der Waals surface area contributed by atoms with Crippen LogP contribution in [0.4, 0.5) is 0 Å². The van der Waals surface area contributed by atoms with Gasteiger partial charge in [-0.1, -0.05) is 13.8 Å². The summed E-state index contributed by atoms with van der Waals surface area (Å²) in [5.41, 5.74) is -0.745. The predicted octanol–water partition coefficient (Wildman–Crippen LogP) is 1.70. The van der Waals surface area contributed by atoms with Crippen molar-refractivity contribution in [2.24, 2.45) is 5.41 Å². The molecule has 0 aliphatic rings. The third kappa shape index (κ3) is 4.64. The third-order valence-corrected chi connectivity index (χ3v) is 4.01. The van der Waals surface area contributed by atoms with E-state index in [9.17, 15) is 13.2 Å². The van der Waals surface area contributed by atoms with Crippen LogP contribution >= 0.6 is 0 Å². The van der Waals surface area contributed by atoms with E-state index in [1.54, 1.807) is 0 Å². The molecule has 4 nitrogen and oxygen atoms in total. The summed E-state index contributed by atoms with van der Waals surface area (Å²) in [5, 5.41) is 9.10. The van der Waals surface area contributed by atoms with Crippen LogP contribution < -0.4 is 0 Å². The van der Waals surface area contributed by atoms with Crippen molar-refractivity contribution in [3.05, 3.63) is 0 Å². The lowest BCUT2D eigenvalue weighted by atomic mass is 9.78. The zero-order valence-corrected chi connectivity index (χ0v) is 10.4. The van der Waals surface area contributed by atoms with E-state index < -0.39 is 21.2 Å². The molecule has 1 N–H and O–H groups in total. The van der Waals surface area contributed by atoms with Gasteiger partial charge in [0.2, 0.25) is 0 Å². The molecule has 0 aromatic heterocycles. The Morgan fingerprint density at radius 2 is 1.73 bits per heavy atom. The maximum absolute atomic E-state index is 11.1. The molecule has 0 saturated carbocycles. The van der Waals surface area contributed by atoms with Crippen molar-refractivity contribution in [3.8, 4) is 0 Å². The van der Waals surface area contributed by atoms with Crippen molar-refractivity contribution in [3.63, 3.8) is 0 Å². The van der Waals surface area contributed by atoms with Gasteiger partial charge >= 0.3 is 5.97 Å². The van der Waals surface area contributed by atoms with Gasteiger partial charge in [0.25, 0.3) is 0 Å². The van der Waals surface area contributed by atoms with Crippen LogP contribution in [-0.4, -0.2) is 31.5 Å². The summed E-state index contributed by atoms with van der Waals surface area (Å²) in [6, 6.07) is 0. The van der Waals surface area contributed by atoms with Crippen LogP contribution in [0.5, 0.6) is 0 Å². The summed E-state index contributed by atoms with van der Waals surface area (Å²) < 4.78 is 21.8. The number of sulfone groups is 1. The zero-order chi connectivity index (χ0) is 12.1. The number of hydrogen-bond donors (Lipinski definition) is 1. The van der Waals surface area contributed by atoms with E-state index >= 15 is 0 Å². The van der Waals surface area contributed by atoms with Crippen LogP contribution in [0.25, 0.3) is 0 Å². The average molecular weight is 236 g/mol. The van der Waals surface area contributed by atoms with Gasteiger partial charge in [0.05, 0.1) is 5.41 Å².